The molecule has 3 heterocycles. The number of hydrogen-bond acceptors (Lipinski definition) is 5. The molecule has 1 aromatic heterocycles. The number of piperidine rings is 1. The molecule has 47 heavy (non-hydrogen) atoms. The van der Waals surface area contributed by atoms with Gasteiger partial charge in [-0.05, 0) is 36.1 Å². The molecule has 4 aromatic rings. The maximum absolute atomic E-state index is 15.1. The van der Waals surface area contributed by atoms with Crippen molar-refractivity contribution < 1.29 is 32.2 Å². The molecular formula is C34H32F4N4O5. The number of ether oxygens (including phenoxy) is 1. The van der Waals surface area contributed by atoms with E-state index in [0.29, 0.717) is 38.0 Å². The Labute approximate surface area is 266 Å². The van der Waals surface area contributed by atoms with Gasteiger partial charge in [0.05, 0.1) is 42.6 Å². The number of benzene rings is 3. The van der Waals surface area contributed by atoms with Gasteiger partial charge >= 0.3 is 18.0 Å². The Kier molecular flexibility index (Phi) is 8.77. The highest BCUT2D eigenvalue weighted by Gasteiger charge is 2.47. The molecule has 0 bridgehead atoms. The number of carbonyl (C=O) groups is 1. The van der Waals surface area contributed by atoms with E-state index in [1.807, 2.05) is 30.3 Å². The molecule has 0 aliphatic carbocycles. The lowest BCUT2D eigenvalue weighted by Crippen LogP contribution is -2.50. The molecule has 1 amide bonds. The molecule has 3 aromatic carbocycles. The van der Waals surface area contributed by atoms with Gasteiger partial charge in [-0.2, -0.15) is 13.2 Å². The standard InChI is InChI=1S/C34H32F4N4O5/c35-26-13-7-12-25(34(36,37)38)24(26)19-41-28-21-47-33(14-16-40(17-15-33)18-22-8-3-1-4-9-22)29(28)30(43)42(32(41)46)20-27(39-31(44)45)23-10-5-2-6-11-23/h1-13,27,39H,14-21H2,(H,44,45). The van der Waals surface area contributed by atoms with E-state index in [2.05, 4.69) is 10.2 Å². The molecule has 0 radical (unpaired) electrons. The largest absolute Gasteiger partial charge is 0.465 e. The van der Waals surface area contributed by atoms with Crippen molar-refractivity contribution in [3.05, 3.63) is 139 Å². The normalized spacial score (nSPS) is 16.6. The van der Waals surface area contributed by atoms with Gasteiger partial charge in [0.2, 0.25) is 0 Å². The highest BCUT2D eigenvalue weighted by Crippen LogP contribution is 2.43. The van der Waals surface area contributed by atoms with Gasteiger partial charge in [0.15, 0.2) is 0 Å². The molecule has 9 nitrogen and oxygen atoms in total. The molecule has 2 aliphatic rings. The van der Waals surface area contributed by atoms with E-state index in [1.54, 1.807) is 30.3 Å². The minimum absolute atomic E-state index is 0.0894. The summed E-state index contributed by atoms with van der Waals surface area (Å²) < 4.78 is 65.2. The fourth-order valence-electron chi connectivity index (χ4n) is 6.65. The molecule has 2 N–H and O–H groups in total. The Bertz CT molecular complexity index is 1890. The van der Waals surface area contributed by atoms with Crippen molar-refractivity contribution in [2.75, 3.05) is 13.1 Å². The summed E-state index contributed by atoms with van der Waals surface area (Å²) in [7, 11) is 0. The Morgan fingerprint density at radius 1 is 0.915 bits per heavy atom. The Balaban J connectivity index is 1.46. The molecule has 0 saturated carbocycles. The highest BCUT2D eigenvalue weighted by atomic mass is 19.4. The summed E-state index contributed by atoms with van der Waals surface area (Å²) in [4.78, 5) is 42.4. The van der Waals surface area contributed by atoms with Crippen LogP contribution in [0, 0.1) is 5.82 Å². The third kappa shape index (κ3) is 6.45. The van der Waals surface area contributed by atoms with Gasteiger partial charge in [-0.3, -0.25) is 18.8 Å². The van der Waals surface area contributed by atoms with Crippen LogP contribution in [0.1, 0.15) is 52.4 Å². The summed E-state index contributed by atoms with van der Waals surface area (Å²) in [6.45, 7) is 0.230. The van der Waals surface area contributed by atoms with Crippen LogP contribution in [0.5, 0.6) is 0 Å². The summed E-state index contributed by atoms with van der Waals surface area (Å²) in [6.07, 6.45) is -5.58. The average molecular weight is 653 g/mol. The monoisotopic (exact) mass is 652 g/mol. The quantitative estimate of drug-likeness (QED) is 0.252. The first-order valence-electron chi connectivity index (χ1n) is 15.1. The zero-order valence-corrected chi connectivity index (χ0v) is 25.2. The van der Waals surface area contributed by atoms with Gasteiger partial charge in [-0.25, -0.2) is 14.0 Å². The molecule has 1 spiro atoms. The lowest BCUT2D eigenvalue weighted by molar-refractivity contribution is -0.138. The van der Waals surface area contributed by atoms with Crippen LogP contribution in [0.4, 0.5) is 22.4 Å². The molecule has 13 heteroatoms. The maximum atomic E-state index is 15.1. The van der Waals surface area contributed by atoms with Crippen LogP contribution in [0.15, 0.2) is 88.5 Å². The molecular weight excluding hydrogens is 620 g/mol. The van der Waals surface area contributed by atoms with E-state index in [1.165, 1.54) is 0 Å². The van der Waals surface area contributed by atoms with E-state index in [9.17, 15) is 32.7 Å². The van der Waals surface area contributed by atoms with Crippen molar-refractivity contribution in [2.45, 2.75) is 56.9 Å². The van der Waals surface area contributed by atoms with Crippen molar-refractivity contribution in [3.63, 3.8) is 0 Å². The second-order valence-electron chi connectivity index (χ2n) is 11.8. The zero-order chi connectivity index (χ0) is 33.3. The van der Waals surface area contributed by atoms with E-state index in [4.69, 9.17) is 4.74 Å². The molecule has 1 atom stereocenters. The summed E-state index contributed by atoms with van der Waals surface area (Å²) in [6, 6.07) is 19.6. The van der Waals surface area contributed by atoms with Crippen LogP contribution in [-0.4, -0.2) is 38.3 Å². The zero-order valence-electron chi connectivity index (χ0n) is 25.2. The van der Waals surface area contributed by atoms with Crippen molar-refractivity contribution in [1.29, 1.82) is 0 Å². The van der Waals surface area contributed by atoms with E-state index < -0.39 is 65.2 Å². The smallest absolute Gasteiger partial charge is 0.416 e. The Hall–Kier alpha value is -4.75. The molecule has 1 saturated heterocycles. The van der Waals surface area contributed by atoms with Gasteiger partial charge in [-0.1, -0.05) is 66.7 Å². The SMILES string of the molecule is O=C(O)NC(Cn1c(=O)c2c(n(Cc3c(F)cccc3C(F)(F)F)c1=O)COC21CCN(Cc2ccccc2)CC1)c1ccccc1. The van der Waals surface area contributed by atoms with Crippen LogP contribution in [0.25, 0.3) is 0 Å². The Morgan fingerprint density at radius 2 is 1.57 bits per heavy atom. The van der Waals surface area contributed by atoms with Crippen molar-refractivity contribution >= 4 is 6.09 Å². The molecule has 6 rings (SSSR count). The van der Waals surface area contributed by atoms with Crippen LogP contribution in [-0.2, 0) is 42.8 Å². The number of amides is 1. The number of hydrogen-bond donors (Lipinski definition) is 2. The number of carboxylic acid groups (broad SMARTS) is 1. The number of nitrogens with zero attached hydrogens (tertiary/aromatic N) is 3. The lowest BCUT2D eigenvalue weighted by Gasteiger charge is -2.39. The van der Waals surface area contributed by atoms with Gasteiger partial charge in [0.25, 0.3) is 5.56 Å². The topological polar surface area (TPSA) is 106 Å². The summed E-state index contributed by atoms with van der Waals surface area (Å²) in [5, 5.41) is 11.9. The second-order valence-corrected chi connectivity index (χ2v) is 11.8. The minimum atomic E-state index is -4.91. The number of fused-ring (bicyclic) bond motifs is 2. The summed E-state index contributed by atoms with van der Waals surface area (Å²) in [5.74, 6) is -1.16. The summed E-state index contributed by atoms with van der Waals surface area (Å²) >= 11 is 0. The molecule has 2 aliphatic heterocycles. The van der Waals surface area contributed by atoms with Crippen LogP contribution >= 0.6 is 0 Å². The fourth-order valence-corrected chi connectivity index (χ4v) is 6.65. The first-order chi connectivity index (χ1) is 22.5. The number of rotatable bonds is 8. The van der Waals surface area contributed by atoms with Crippen molar-refractivity contribution in [1.82, 2.24) is 19.4 Å². The van der Waals surface area contributed by atoms with Gasteiger partial charge < -0.3 is 15.2 Å². The Morgan fingerprint density at radius 3 is 2.21 bits per heavy atom. The van der Waals surface area contributed by atoms with Crippen LogP contribution in [0.3, 0.4) is 0 Å². The van der Waals surface area contributed by atoms with Crippen LogP contribution < -0.4 is 16.6 Å². The van der Waals surface area contributed by atoms with Crippen molar-refractivity contribution in [2.24, 2.45) is 0 Å². The number of likely N-dealkylation sites (tertiary alicyclic amines) is 1. The number of nitrogens with one attached hydrogen (secondary N) is 1. The average Bonchev–Trinajstić information content (AvgIpc) is 3.41. The number of halogens is 4. The number of aromatic nitrogens is 2. The molecule has 1 unspecified atom stereocenters. The molecule has 1 fully saturated rings. The van der Waals surface area contributed by atoms with E-state index in [0.717, 1.165) is 32.9 Å². The highest BCUT2D eigenvalue weighted by molar-refractivity contribution is 5.65. The van der Waals surface area contributed by atoms with Gasteiger partial charge in [-0.15, -0.1) is 0 Å². The van der Waals surface area contributed by atoms with E-state index in [-0.39, 0.29) is 17.9 Å². The fraction of sp³-hybridized carbons (Fsp3) is 0.324. The first kappa shape index (κ1) is 32.2. The predicted octanol–water partition coefficient (Wildman–Crippen LogP) is 5.25. The van der Waals surface area contributed by atoms with Crippen LogP contribution in [0.2, 0.25) is 0 Å². The predicted molar refractivity (Wildman–Crippen MR) is 163 cm³/mol. The lowest BCUT2D eigenvalue weighted by atomic mass is 9.85. The van der Waals surface area contributed by atoms with Gasteiger partial charge in [0, 0.05) is 25.2 Å². The first-order valence-corrected chi connectivity index (χ1v) is 15.1. The van der Waals surface area contributed by atoms with Crippen molar-refractivity contribution in [3.8, 4) is 0 Å². The van der Waals surface area contributed by atoms with E-state index >= 15 is 4.39 Å². The number of alkyl halides is 3. The maximum Gasteiger partial charge on any atom is 0.416 e. The minimum Gasteiger partial charge on any atom is -0.465 e. The van der Waals surface area contributed by atoms with Gasteiger partial charge in [0.1, 0.15) is 11.4 Å². The second kappa shape index (κ2) is 12.8. The summed E-state index contributed by atoms with van der Waals surface area (Å²) in [5.41, 5.74) is -3.06. The molecule has 246 valence electrons. The third-order valence-electron chi connectivity index (χ3n) is 8.99. The third-order valence-corrected chi connectivity index (χ3v) is 8.99.